The molecule has 2 atom stereocenters. The fourth-order valence-electron chi connectivity index (χ4n) is 2.33. The van der Waals surface area contributed by atoms with Gasteiger partial charge in [-0.15, -0.1) is 0 Å². The predicted octanol–water partition coefficient (Wildman–Crippen LogP) is 2.14. The molecule has 0 aliphatic carbocycles. The Morgan fingerprint density at radius 2 is 2.17 bits per heavy atom. The summed E-state index contributed by atoms with van der Waals surface area (Å²) in [7, 11) is 3.09. The number of hydrogen-bond donors (Lipinski definition) is 2. The molecule has 5 heteroatoms. The van der Waals surface area contributed by atoms with Gasteiger partial charge in [0.1, 0.15) is 0 Å². The van der Waals surface area contributed by atoms with Gasteiger partial charge in [0.2, 0.25) is 0 Å². The Morgan fingerprint density at radius 3 is 2.72 bits per heavy atom. The Labute approximate surface area is 112 Å². The van der Waals surface area contributed by atoms with Crippen LogP contribution in [0.1, 0.15) is 24.5 Å². The van der Waals surface area contributed by atoms with Gasteiger partial charge in [0.05, 0.1) is 25.3 Å². The van der Waals surface area contributed by atoms with Crippen LogP contribution in [0.5, 0.6) is 11.5 Å². The van der Waals surface area contributed by atoms with Crippen LogP contribution in [-0.4, -0.2) is 31.9 Å². The molecule has 0 spiro atoms. The molecule has 0 radical (unpaired) electrons. The Balaban J connectivity index is 2.32. The number of aliphatic hydroxyl groups is 1. The first kappa shape index (κ1) is 13.5. The molecular formula is C13H18ClNO3. The van der Waals surface area contributed by atoms with Crippen molar-refractivity contribution in [1.82, 2.24) is 5.32 Å². The molecule has 1 saturated heterocycles. The number of rotatable bonds is 4. The zero-order chi connectivity index (χ0) is 13.1. The Bertz CT molecular complexity index is 419. The lowest BCUT2D eigenvalue weighted by atomic mass is 10.0. The van der Waals surface area contributed by atoms with Crippen LogP contribution in [-0.2, 0) is 0 Å². The Kier molecular flexibility index (Phi) is 4.32. The number of nitrogens with one attached hydrogen (secondary N) is 1. The quantitative estimate of drug-likeness (QED) is 0.881. The molecule has 1 aromatic rings. The zero-order valence-corrected chi connectivity index (χ0v) is 11.3. The number of hydrogen-bond acceptors (Lipinski definition) is 4. The maximum absolute atomic E-state index is 10.3. The summed E-state index contributed by atoms with van der Waals surface area (Å²) in [5.74, 6) is 1.03. The first-order valence-electron chi connectivity index (χ1n) is 6.01. The van der Waals surface area contributed by atoms with E-state index in [1.807, 2.05) is 0 Å². The van der Waals surface area contributed by atoms with Gasteiger partial charge < -0.3 is 19.9 Å². The number of aliphatic hydroxyl groups excluding tert-OH is 1. The van der Waals surface area contributed by atoms with Crippen molar-refractivity contribution >= 4 is 11.6 Å². The molecule has 0 bridgehead atoms. The number of benzene rings is 1. The molecule has 0 amide bonds. The summed E-state index contributed by atoms with van der Waals surface area (Å²) in [6, 6.07) is 3.60. The third-order valence-corrected chi connectivity index (χ3v) is 3.70. The SMILES string of the molecule is COc1ccc(C(O)C2CCCN2)c(Cl)c1OC. The number of ether oxygens (including phenoxy) is 2. The molecule has 2 N–H and O–H groups in total. The molecule has 100 valence electrons. The van der Waals surface area contributed by atoms with Gasteiger partial charge in [-0.3, -0.25) is 0 Å². The summed E-state index contributed by atoms with van der Waals surface area (Å²) in [6.07, 6.45) is 1.40. The van der Waals surface area contributed by atoms with Gasteiger partial charge in [-0.2, -0.15) is 0 Å². The summed E-state index contributed by atoms with van der Waals surface area (Å²) in [4.78, 5) is 0. The van der Waals surface area contributed by atoms with Crippen LogP contribution in [0.15, 0.2) is 12.1 Å². The Morgan fingerprint density at radius 1 is 1.39 bits per heavy atom. The average Bonchev–Trinajstić information content (AvgIpc) is 2.91. The molecule has 1 aliphatic rings. The second kappa shape index (κ2) is 5.78. The lowest BCUT2D eigenvalue weighted by molar-refractivity contribution is 0.137. The van der Waals surface area contributed by atoms with Gasteiger partial charge in [0, 0.05) is 11.6 Å². The van der Waals surface area contributed by atoms with Gasteiger partial charge >= 0.3 is 0 Å². The number of methoxy groups -OCH3 is 2. The molecule has 18 heavy (non-hydrogen) atoms. The van der Waals surface area contributed by atoms with Gasteiger partial charge in [0.15, 0.2) is 11.5 Å². The lowest BCUT2D eigenvalue weighted by Gasteiger charge is -2.21. The van der Waals surface area contributed by atoms with Crippen LogP contribution in [0.3, 0.4) is 0 Å². The second-order valence-corrected chi connectivity index (χ2v) is 4.73. The maximum atomic E-state index is 10.3. The van der Waals surface area contributed by atoms with E-state index in [0.29, 0.717) is 22.1 Å². The highest BCUT2D eigenvalue weighted by atomic mass is 35.5. The fraction of sp³-hybridized carbons (Fsp3) is 0.538. The number of halogens is 1. The largest absolute Gasteiger partial charge is 0.493 e. The van der Waals surface area contributed by atoms with Crippen molar-refractivity contribution in [2.45, 2.75) is 25.0 Å². The molecular weight excluding hydrogens is 254 g/mol. The van der Waals surface area contributed by atoms with Gasteiger partial charge in [0.25, 0.3) is 0 Å². The van der Waals surface area contributed by atoms with Crippen LogP contribution in [0, 0.1) is 0 Å². The summed E-state index contributed by atoms with van der Waals surface area (Å²) in [6.45, 7) is 0.937. The van der Waals surface area contributed by atoms with E-state index in [-0.39, 0.29) is 6.04 Å². The van der Waals surface area contributed by atoms with Crippen molar-refractivity contribution in [1.29, 1.82) is 0 Å². The van der Waals surface area contributed by atoms with Crippen LogP contribution in [0.4, 0.5) is 0 Å². The van der Waals surface area contributed by atoms with Crippen LogP contribution >= 0.6 is 11.6 Å². The summed E-state index contributed by atoms with van der Waals surface area (Å²) >= 11 is 6.27. The Hall–Kier alpha value is -0.970. The summed E-state index contributed by atoms with van der Waals surface area (Å²) < 4.78 is 10.4. The monoisotopic (exact) mass is 271 g/mol. The predicted molar refractivity (Wildman–Crippen MR) is 70.5 cm³/mol. The van der Waals surface area contributed by atoms with Crippen molar-refractivity contribution in [3.8, 4) is 11.5 Å². The third kappa shape index (κ3) is 2.41. The molecule has 0 aromatic heterocycles. The molecule has 1 aromatic carbocycles. The summed E-state index contributed by atoms with van der Waals surface area (Å²) in [5.41, 5.74) is 0.675. The fourth-order valence-corrected chi connectivity index (χ4v) is 2.68. The highest BCUT2D eigenvalue weighted by Crippen LogP contribution is 2.40. The van der Waals surface area contributed by atoms with Gasteiger partial charge in [-0.05, 0) is 25.5 Å². The maximum Gasteiger partial charge on any atom is 0.179 e. The molecule has 0 saturated carbocycles. The zero-order valence-electron chi connectivity index (χ0n) is 10.6. The van der Waals surface area contributed by atoms with Crippen LogP contribution in [0.25, 0.3) is 0 Å². The minimum Gasteiger partial charge on any atom is -0.493 e. The van der Waals surface area contributed by atoms with Crippen LogP contribution < -0.4 is 14.8 Å². The molecule has 1 heterocycles. The minimum absolute atomic E-state index is 0.0561. The van der Waals surface area contributed by atoms with Crippen LogP contribution in [0.2, 0.25) is 5.02 Å². The van der Waals surface area contributed by atoms with Crippen molar-refractivity contribution < 1.29 is 14.6 Å². The first-order valence-corrected chi connectivity index (χ1v) is 6.38. The normalized spacial score (nSPS) is 20.8. The molecule has 2 rings (SSSR count). The molecule has 1 fully saturated rings. The van der Waals surface area contributed by atoms with Crippen molar-refractivity contribution in [2.75, 3.05) is 20.8 Å². The first-order chi connectivity index (χ1) is 8.69. The van der Waals surface area contributed by atoms with E-state index < -0.39 is 6.10 Å². The van der Waals surface area contributed by atoms with Crippen molar-refractivity contribution in [2.24, 2.45) is 0 Å². The van der Waals surface area contributed by atoms with E-state index in [2.05, 4.69) is 5.32 Å². The minimum atomic E-state index is -0.625. The molecule has 2 unspecified atom stereocenters. The van der Waals surface area contributed by atoms with Gasteiger partial charge in [-0.1, -0.05) is 17.7 Å². The molecule has 1 aliphatic heterocycles. The molecule has 4 nitrogen and oxygen atoms in total. The lowest BCUT2D eigenvalue weighted by Crippen LogP contribution is -2.28. The standard InChI is InChI=1S/C13H18ClNO3/c1-17-10-6-5-8(11(14)13(10)18-2)12(16)9-4-3-7-15-9/h5-6,9,12,15-16H,3-4,7H2,1-2H3. The van der Waals surface area contributed by atoms with Gasteiger partial charge in [-0.25, -0.2) is 0 Å². The third-order valence-electron chi connectivity index (χ3n) is 3.31. The highest BCUT2D eigenvalue weighted by Gasteiger charge is 2.27. The van der Waals surface area contributed by atoms with E-state index in [1.165, 1.54) is 7.11 Å². The smallest absolute Gasteiger partial charge is 0.179 e. The van der Waals surface area contributed by atoms with E-state index in [4.69, 9.17) is 21.1 Å². The van der Waals surface area contributed by atoms with E-state index in [9.17, 15) is 5.11 Å². The van der Waals surface area contributed by atoms with Crippen molar-refractivity contribution in [3.05, 3.63) is 22.7 Å². The second-order valence-electron chi connectivity index (χ2n) is 4.35. The summed E-state index contributed by atoms with van der Waals surface area (Å²) in [5, 5.41) is 14.0. The van der Waals surface area contributed by atoms with E-state index >= 15 is 0 Å². The average molecular weight is 272 g/mol. The highest BCUT2D eigenvalue weighted by molar-refractivity contribution is 6.33. The van der Waals surface area contributed by atoms with E-state index in [0.717, 1.165) is 19.4 Å². The topological polar surface area (TPSA) is 50.7 Å². The van der Waals surface area contributed by atoms with Crippen molar-refractivity contribution in [3.63, 3.8) is 0 Å². The van der Waals surface area contributed by atoms with E-state index in [1.54, 1.807) is 19.2 Å².